The van der Waals surface area contributed by atoms with Crippen LogP contribution in [0.5, 0.6) is 17.2 Å². The lowest BCUT2D eigenvalue weighted by Gasteiger charge is -2.59. The van der Waals surface area contributed by atoms with Gasteiger partial charge in [0.1, 0.15) is 29.9 Å². The van der Waals surface area contributed by atoms with Crippen molar-refractivity contribution in [1.29, 1.82) is 0 Å². The van der Waals surface area contributed by atoms with E-state index in [0.717, 1.165) is 47.6 Å². The fourth-order valence-electron chi connectivity index (χ4n) is 9.45. The number of carbonyl (C=O) groups is 1. The largest absolute Gasteiger partial charge is 0.459 e. The maximum absolute atomic E-state index is 14.3. The maximum Gasteiger partial charge on any atom is 0.269 e. The normalized spacial score (nSPS) is 23.4. The summed E-state index contributed by atoms with van der Waals surface area (Å²) in [7, 11) is 1.73. The number of hydrogen-bond donors (Lipinski definition) is 2. The molecule has 0 radical (unpaired) electrons. The van der Waals surface area contributed by atoms with E-state index >= 15 is 0 Å². The van der Waals surface area contributed by atoms with Gasteiger partial charge in [-0.2, -0.15) is 0 Å². The van der Waals surface area contributed by atoms with Crippen molar-refractivity contribution in [3.05, 3.63) is 137 Å². The molecule has 0 bridgehead atoms. The number of ether oxygens (including phenoxy) is 3. The zero-order chi connectivity index (χ0) is 42.9. The Hall–Kier alpha value is -5.82. The molecule has 0 spiro atoms. The standard InChI is InChI=1S/C49H55N3O9/c1-4-28-58-49-45(51(3)46(55)25-18-33-16-20-37(21-17-33)52(56)57)32-43(50-59-5-2)41-30-36(14-8-10-26-53)40(15-9-11-27-54)47(48(41)49)42-31-39(23-24-44(42)61-49)60-38-22-19-34-12-6-7-13-35(34)29-38/h4,6-7,12-13,16-25,29-31,36,40,45,47-48,53-54H,1,5,8-11,14-15,26-28,32H2,2-3H3/t36-,40+,45-,47+,48+,49+/m0/s1. The summed E-state index contributed by atoms with van der Waals surface area (Å²) in [4.78, 5) is 32.5. The van der Waals surface area contributed by atoms with Gasteiger partial charge in [-0.3, -0.25) is 14.9 Å². The number of nitrogens with zero attached hydrogens (tertiary/aromatic N) is 3. The number of benzene rings is 4. The van der Waals surface area contributed by atoms with E-state index in [9.17, 15) is 25.1 Å². The molecule has 0 aromatic heterocycles. The number of fused-ring (bicyclic) bond motifs is 3. The molecule has 2 N–H and O–H groups in total. The molecule has 0 unspecified atom stereocenters. The Balaban J connectivity index is 1.37. The molecule has 1 aliphatic heterocycles. The number of carbonyl (C=O) groups excluding carboxylic acids is 1. The molecule has 7 rings (SSSR count). The minimum Gasteiger partial charge on any atom is -0.459 e. The Bertz CT molecular complexity index is 2290. The zero-order valence-corrected chi connectivity index (χ0v) is 34.9. The molecule has 4 aromatic carbocycles. The van der Waals surface area contributed by atoms with Gasteiger partial charge in [0.05, 0.1) is 23.2 Å². The van der Waals surface area contributed by atoms with Gasteiger partial charge in [0.15, 0.2) is 0 Å². The fraction of sp³-hybridized carbons (Fsp3) is 0.388. The van der Waals surface area contributed by atoms with Gasteiger partial charge in [-0.25, -0.2) is 0 Å². The monoisotopic (exact) mass is 829 g/mol. The first-order chi connectivity index (χ1) is 29.7. The minimum absolute atomic E-state index is 0.0384. The summed E-state index contributed by atoms with van der Waals surface area (Å²) in [5, 5.41) is 37.9. The van der Waals surface area contributed by atoms with Crippen LogP contribution in [0, 0.1) is 27.9 Å². The van der Waals surface area contributed by atoms with Crippen LogP contribution in [0.3, 0.4) is 0 Å². The van der Waals surface area contributed by atoms with Crippen LogP contribution in [0.4, 0.5) is 5.69 Å². The van der Waals surface area contributed by atoms with Crippen molar-refractivity contribution in [3.8, 4) is 17.2 Å². The third kappa shape index (κ3) is 9.27. The van der Waals surface area contributed by atoms with E-state index < -0.39 is 22.7 Å². The number of likely N-dealkylation sites (N-methyl/N-ethyl adjacent to an activating group) is 1. The molecule has 61 heavy (non-hydrogen) atoms. The minimum atomic E-state index is -1.40. The van der Waals surface area contributed by atoms with E-state index in [-0.39, 0.29) is 55.6 Å². The number of unbranched alkanes of at least 4 members (excludes halogenated alkanes) is 2. The van der Waals surface area contributed by atoms with Gasteiger partial charge in [-0.05, 0) is 115 Å². The summed E-state index contributed by atoms with van der Waals surface area (Å²) in [6.45, 7) is 6.54. The second kappa shape index (κ2) is 19.7. The SMILES string of the molecule is C=CCO[C@@]12Oc3ccc(Oc4ccc5ccccc5c4)cc3[C@H]3[C@H](CCCCO)[C@@H](CCCCO)C=C(C(=NOCC)C[C@@H]1N(C)C(=O)C=Cc1ccc([N+](=O)[O-])cc1)[C@H]32. The number of non-ortho nitro benzene ring substituents is 1. The van der Waals surface area contributed by atoms with Gasteiger partial charge in [0.25, 0.3) is 5.69 Å². The van der Waals surface area contributed by atoms with Crippen LogP contribution in [0.25, 0.3) is 16.8 Å². The molecule has 12 heteroatoms. The van der Waals surface area contributed by atoms with E-state index in [1.807, 2.05) is 49.4 Å². The third-order valence-corrected chi connectivity index (χ3v) is 12.2. The summed E-state index contributed by atoms with van der Waals surface area (Å²) in [6, 6.07) is 25.4. The first-order valence-corrected chi connectivity index (χ1v) is 21.3. The Labute approximate surface area is 356 Å². The highest BCUT2D eigenvalue weighted by Gasteiger charge is 2.65. The summed E-state index contributed by atoms with van der Waals surface area (Å²) < 4.78 is 20.8. The lowest BCUT2D eigenvalue weighted by molar-refractivity contribution is -0.384. The van der Waals surface area contributed by atoms with Gasteiger partial charge in [-0.1, -0.05) is 60.5 Å². The topological polar surface area (TPSA) is 153 Å². The van der Waals surface area contributed by atoms with Crippen LogP contribution in [-0.4, -0.2) is 77.0 Å². The van der Waals surface area contributed by atoms with Crippen LogP contribution >= 0.6 is 0 Å². The lowest BCUT2D eigenvalue weighted by atomic mass is 9.55. The van der Waals surface area contributed by atoms with Crippen molar-refractivity contribution in [2.45, 2.75) is 69.6 Å². The van der Waals surface area contributed by atoms with Crippen molar-refractivity contribution in [2.24, 2.45) is 22.9 Å². The van der Waals surface area contributed by atoms with Crippen LogP contribution in [0.2, 0.25) is 0 Å². The Kier molecular flexibility index (Phi) is 14.0. The van der Waals surface area contributed by atoms with Gasteiger partial charge in [0.2, 0.25) is 11.7 Å². The van der Waals surface area contributed by atoms with Crippen LogP contribution < -0.4 is 9.47 Å². The number of hydrogen-bond acceptors (Lipinski definition) is 10. The highest BCUT2D eigenvalue weighted by molar-refractivity contribution is 6.03. The number of rotatable bonds is 19. The number of nitro groups is 1. The molecule has 6 atom stereocenters. The molecule has 3 aliphatic rings. The molecular weight excluding hydrogens is 775 g/mol. The second-order valence-electron chi connectivity index (χ2n) is 15.9. The summed E-state index contributed by atoms with van der Waals surface area (Å²) >= 11 is 0. The van der Waals surface area contributed by atoms with E-state index in [2.05, 4.69) is 30.9 Å². The highest BCUT2D eigenvalue weighted by atomic mass is 16.7. The Morgan fingerprint density at radius 2 is 1.70 bits per heavy atom. The predicted octanol–water partition coefficient (Wildman–Crippen LogP) is 9.37. The molecule has 4 aromatic rings. The number of aliphatic hydroxyl groups excluding tert-OH is 2. The molecule has 1 fully saturated rings. The van der Waals surface area contributed by atoms with Gasteiger partial charge < -0.3 is 34.2 Å². The van der Waals surface area contributed by atoms with Crippen molar-refractivity contribution in [2.75, 3.05) is 33.5 Å². The van der Waals surface area contributed by atoms with Gasteiger partial charge in [-0.15, -0.1) is 6.58 Å². The second-order valence-corrected chi connectivity index (χ2v) is 15.9. The third-order valence-electron chi connectivity index (χ3n) is 12.2. The average Bonchev–Trinajstić information content (AvgIpc) is 3.27. The highest BCUT2D eigenvalue weighted by Crippen LogP contribution is 2.62. The quantitative estimate of drug-likeness (QED) is 0.0310. The molecular formula is C49H55N3O9. The molecule has 12 nitrogen and oxygen atoms in total. The summed E-state index contributed by atoms with van der Waals surface area (Å²) in [5.41, 5.74) is 3.20. The Morgan fingerprint density at radius 3 is 2.43 bits per heavy atom. The fourth-order valence-corrected chi connectivity index (χ4v) is 9.45. The van der Waals surface area contributed by atoms with E-state index in [1.165, 1.54) is 18.2 Å². The molecule has 1 heterocycles. The predicted molar refractivity (Wildman–Crippen MR) is 236 cm³/mol. The summed E-state index contributed by atoms with van der Waals surface area (Å²) in [5.74, 6) is -0.279. The van der Waals surface area contributed by atoms with E-state index in [4.69, 9.17) is 24.2 Å². The number of nitro benzene ring substituents is 1. The Morgan fingerprint density at radius 1 is 0.984 bits per heavy atom. The lowest BCUT2D eigenvalue weighted by Crippen LogP contribution is -2.69. The van der Waals surface area contributed by atoms with Crippen LogP contribution in [0.15, 0.2) is 120 Å². The maximum atomic E-state index is 14.3. The van der Waals surface area contributed by atoms with Crippen molar-refractivity contribution in [1.82, 2.24) is 4.90 Å². The van der Waals surface area contributed by atoms with E-state index in [0.29, 0.717) is 48.0 Å². The number of oxime groups is 1. The number of amides is 1. The first kappa shape index (κ1) is 43.3. The summed E-state index contributed by atoms with van der Waals surface area (Å²) in [6.07, 6.45) is 11.9. The smallest absolute Gasteiger partial charge is 0.269 e. The van der Waals surface area contributed by atoms with Crippen molar-refractivity contribution in [3.63, 3.8) is 0 Å². The van der Waals surface area contributed by atoms with Crippen molar-refractivity contribution < 1.29 is 39.0 Å². The van der Waals surface area contributed by atoms with Crippen LogP contribution in [0.1, 0.15) is 68.9 Å². The average molecular weight is 830 g/mol. The number of aliphatic hydroxyl groups is 2. The molecule has 1 saturated carbocycles. The van der Waals surface area contributed by atoms with Crippen LogP contribution in [-0.2, 0) is 14.4 Å². The van der Waals surface area contributed by atoms with Gasteiger partial charge in [0, 0.05) is 56.4 Å². The molecule has 2 aliphatic carbocycles. The van der Waals surface area contributed by atoms with Crippen molar-refractivity contribution >= 4 is 34.2 Å². The zero-order valence-electron chi connectivity index (χ0n) is 34.9. The number of allylic oxidation sites excluding steroid dienone is 1. The first-order valence-electron chi connectivity index (χ1n) is 21.3. The van der Waals surface area contributed by atoms with E-state index in [1.54, 1.807) is 36.2 Å². The molecule has 0 saturated heterocycles. The molecule has 1 amide bonds. The molecule has 320 valence electrons. The van der Waals surface area contributed by atoms with Gasteiger partial charge >= 0.3 is 0 Å².